The standard InChI is InChI=1S/C15H17ClN2O2/c1-3-11-14(17-10-18-15(11)16)12-6-4-5-7-13(12)20-9-8-19-2/h4-7,10H,3,8-9H2,1-2H3. The van der Waals surface area contributed by atoms with Gasteiger partial charge in [0, 0.05) is 18.2 Å². The summed E-state index contributed by atoms with van der Waals surface area (Å²) in [7, 11) is 1.65. The second-order valence-corrected chi connectivity index (χ2v) is 4.54. The molecule has 0 aliphatic heterocycles. The first kappa shape index (κ1) is 14.8. The molecule has 0 saturated carbocycles. The Bertz CT molecular complexity index is 576. The van der Waals surface area contributed by atoms with Gasteiger partial charge in [0.05, 0.1) is 12.3 Å². The fraction of sp³-hybridized carbons (Fsp3) is 0.333. The number of hydrogen-bond acceptors (Lipinski definition) is 4. The second kappa shape index (κ2) is 7.22. The molecule has 0 saturated heterocycles. The van der Waals surface area contributed by atoms with Gasteiger partial charge in [-0.2, -0.15) is 0 Å². The molecule has 0 N–H and O–H groups in total. The first-order chi connectivity index (χ1) is 9.77. The minimum Gasteiger partial charge on any atom is -0.490 e. The van der Waals surface area contributed by atoms with Crippen molar-refractivity contribution in [3.63, 3.8) is 0 Å². The van der Waals surface area contributed by atoms with Crippen molar-refractivity contribution in [1.82, 2.24) is 9.97 Å². The van der Waals surface area contributed by atoms with E-state index in [1.165, 1.54) is 6.33 Å². The second-order valence-electron chi connectivity index (χ2n) is 4.18. The summed E-state index contributed by atoms with van der Waals surface area (Å²) in [6.45, 7) is 3.07. The van der Waals surface area contributed by atoms with Crippen LogP contribution in [0.1, 0.15) is 12.5 Å². The number of benzene rings is 1. The maximum atomic E-state index is 6.15. The number of nitrogens with zero attached hydrogens (tertiary/aromatic N) is 2. The van der Waals surface area contributed by atoms with Crippen LogP contribution in [-0.2, 0) is 11.2 Å². The summed E-state index contributed by atoms with van der Waals surface area (Å²) < 4.78 is 10.7. The smallest absolute Gasteiger partial charge is 0.136 e. The molecule has 1 heterocycles. The van der Waals surface area contributed by atoms with E-state index in [0.29, 0.717) is 18.4 Å². The molecule has 0 spiro atoms. The molecule has 4 nitrogen and oxygen atoms in total. The third-order valence-corrected chi connectivity index (χ3v) is 3.26. The van der Waals surface area contributed by atoms with Crippen molar-refractivity contribution in [2.24, 2.45) is 0 Å². The van der Waals surface area contributed by atoms with E-state index >= 15 is 0 Å². The number of hydrogen-bond donors (Lipinski definition) is 0. The van der Waals surface area contributed by atoms with Gasteiger partial charge in [-0.05, 0) is 18.6 Å². The lowest BCUT2D eigenvalue weighted by atomic mass is 10.0. The lowest BCUT2D eigenvalue weighted by Crippen LogP contribution is -2.06. The molecule has 2 rings (SSSR count). The Balaban J connectivity index is 2.40. The Hall–Kier alpha value is -1.65. The van der Waals surface area contributed by atoms with Gasteiger partial charge < -0.3 is 9.47 Å². The molecule has 1 aromatic heterocycles. The predicted molar refractivity (Wildman–Crippen MR) is 79.2 cm³/mol. The van der Waals surface area contributed by atoms with Crippen LogP contribution in [0.15, 0.2) is 30.6 Å². The number of para-hydroxylation sites is 1. The maximum Gasteiger partial charge on any atom is 0.136 e. The first-order valence-corrected chi connectivity index (χ1v) is 6.86. The van der Waals surface area contributed by atoms with E-state index < -0.39 is 0 Å². The molecule has 0 aliphatic carbocycles. The number of methoxy groups -OCH3 is 1. The van der Waals surface area contributed by atoms with E-state index in [2.05, 4.69) is 9.97 Å². The Morgan fingerprint density at radius 2 is 1.95 bits per heavy atom. The van der Waals surface area contributed by atoms with Crippen molar-refractivity contribution < 1.29 is 9.47 Å². The van der Waals surface area contributed by atoms with Crippen LogP contribution in [0.3, 0.4) is 0 Å². The molecule has 106 valence electrons. The summed E-state index contributed by atoms with van der Waals surface area (Å²) in [5.41, 5.74) is 2.67. The molecular weight excluding hydrogens is 276 g/mol. The fourth-order valence-electron chi connectivity index (χ4n) is 1.96. The van der Waals surface area contributed by atoms with Crippen LogP contribution >= 0.6 is 11.6 Å². The predicted octanol–water partition coefficient (Wildman–Crippen LogP) is 3.38. The van der Waals surface area contributed by atoms with Gasteiger partial charge in [-0.15, -0.1) is 0 Å². The number of halogens is 1. The minimum absolute atomic E-state index is 0.490. The zero-order valence-corrected chi connectivity index (χ0v) is 12.4. The number of ether oxygens (including phenoxy) is 2. The SMILES string of the molecule is CCc1c(Cl)ncnc1-c1ccccc1OCCOC. The molecule has 0 aliphatic rings. The van der Waals surface area contributed by atoms with Crippen molar-refractivity contribution in [1.29, 1.82) is 0 Å². The Morgan fingerprint density at radius 3 is 2.70 bits per heavy atom. The quantitative estimate of drug-likeness (QED) is 0.605. The molecule has 0 bridgehead atoms. The van der Waals surface area contributed by atoms with Gasteiger partial charge in [-0.25, -0.2) is 9.97 Å². The van der Waals surface area contributed by atoms with Gasteiger partial charge in [0.25, 0.3) is 0 Å². The average molecular weight is 293 g/mol. The Kier molecular flexibility index (Phi) is 5.32. The number of rotatable bonds is 6. The van der Waals surface area contributed by atoms with E-state index in [1.807, 2.05) is 31.2 Å². The summed E-state index contributed by atoms with van der Waals surface area (Å²) >= 11 is 6.15. The molecule has 0 amide bonds. The summed E-state index contributed by atoms with van der Waals surface area (Å²) in [4.78, 5) is 8.40. The minimum atomic E-state index is 0.490. The highest BCUT2D eigenvalue weighted by Crippen LogP contribution is 2.32. The lowest BCUT2D eigenvalue weighted by molar-refractivity contribution is 0.146. The molecule has 0 unspecified atom stereocenters. The summed E-state index contributed by atoms with van der Waals surface area (Å²) in [6, 6.07) is 7.77. The summed E-state index contributed by atoms with van der Waals surface area (Å²) in [5.74, 6) is 0.772. The number of aromatic nitrogens is 2. The normalized spacial score (nSPS) is 10.6. The van der Waals surface area contributed by atoms with Crippen molar-refractivity contribution in [3.8, 4) is 17.0 Å². The van der Waals surface area contributed by atoms with Crippen molar-refractivity contribution in [2.75, 3.05) is 20.3 Å². The van der Waals surface area contributed by atoms with Crippen LogP contribution in [0.5, 0.6) is 5.75 Å². The van der Waals surface area contributed by atoms with Crippen LogP contribution in [0.25, 0.3) is 11.3 Å². The zero-order valence-electron chi connectivity index (χ0n) is 11.6. The van der Waals surface area contributed by atoms with Crippen molar-refractivity contribution in [3.05, 3.63) is 41.3 Å². The first-order valence-electron chi connectivity index (χ1n) is 6.48. The molecule has 1 aromatic carbocycles. The molecule has 0 atom stereocenters. The van der Waals surface area contributed by atoms with E-state index in [-0.39, 0.29) is 0 Å². The van der Waals surface area contributed by atoms with Crippen molar-refractivity contribution >= 4 is 11.6 Å². The molecule has 20 heavy (non-hydrogen) atoms. The highest BCUT2D eigenvalue weighted by molar-refractivity contribution is 6.30. The monoisotopic (exact) mass is 292 g/mol. The Labute approximate surface area is 123 Å². The highest BCUT2D eigenvalue weighted by atomic mass is 35.5. The molecule has 2 aromatic rings. The van der Waals surface area contributed by atoms with E-state index in [9.17, 15) is 0 Å². The van der Waals surface area contributed by atoms with Crippen LogP contribution in [0, 0.1) is 0 Å². The third-order valence-electron chi connectivity index (χ3n) is 2.93. The van der Waals surface area contributed by atoms with E-state index in [4.69, 9.17) is 21.1 Å². The van der Waals surface area contributed by atoms with Gasteiger partial charge in [-0.3, -0.25) is 0 Å². The topological polar surface area (TPSA) is 44.2 Å². The molecular formula is C15H17ClN2O2. The molecule has 5 heteroatoms. The van der Waals surface area contributed by atoms with Crippen LogP contribution < -0.4 is 4.74 Å². The highest BCUT2D eigenvalue weighted by Gasteiger charge is 2.14. The third kappa shape index (κ3) is 3.26. The fourth-order valence-corrected chi connectivity index (χ4v) is 2.23. The largest absolute Gasteiger partial charge is 0.490 e. The summed E-state index contributed by atoms with van der Waals surface area (Å²) in [6.07, 6.45) is 2.24. The van der Waals surface area contributed by atoms with Gasteiger partial charge in [0.2, 0.25) is 0 Å². The van der Waals surface area contributed by atoms with E-state index in [1.54, 1.807) is 7.11 Å². The van der Waals surface area contributed by atoms with Gasteiger partial charge in [-0.1, -0.05) is 30.7 Å². The lowest BCUT2D eigenvalue weighted by Gasteiger charge is -2.13. The maximum absolute atomic E-state index is 6.15. The Morgan fingerprint density at radius 1 is 1.15 bits per heavy atom. The van der Waals surface area contributed by atoms with Gasteiger partial charge in [0.1, 0.15) is 23.8 Å². The summed E-state index contributed by atoms with van der Waals surface area (Å²) in [5, 5.41) is 0.490. The zero-order chi connectivity index (χ0) is 14.4. The van der Waals surface area contributed by atoms with Gasteiger partial charge >= 0.3 is 0 Å². The average Bonchev–Trinajstić information content (AvgIpc) is 2.48. The molecule has 0 fully saturated rings. The van der Waals surface area contributed by atoms with E-state index in [0.717, 1.165) is 29.0 Å². The van der Waals surface area contributed by atoms with Crippen LogP contribution in [0.2, 0.25) is 5.15 Å². The molecule has 0 radical (unpaired) electrons. The van der Waals surface area contributed by atoms with Crippen LogP contribution in [0.4, 0.5) is 0 Å². The van der Waals surface area contributed by atoms with Gasteiger partial charge in [0.15, 0.2) is 0 Å². The van der Waals surface area contributed by atoms with Crippen LogP contribution in [-0.4, -0.2) is 30.3 Å². The van der Waals surface area contributed by atoms with Crippen molar-refractivity contribution in [2.45, 2.75) is 13.3 Å².